The molecule has 0 radical (unpaired) electrons. The van der Waals surface area contributed by atoms with Crippen LogP contribution in [-0.4, -0.2) is 35.7 Å². The standard InChI is InChI=1S/C17H22N2O2/c1-4-11-18(12-5-2)17(20)19-14(3)16-9-7-6-8-15(16)10-13-21-19/h4-9,14H,1-2,10-13H2,3H3. The van der Waals surface area contributed by atoms with Gasteiger partial charge < -0.3 is 4.90 Å². The highest BCUT2D eigenvalue weighted by atomic mass is 16.7. The Kier molecular flexibility index (Phi) is 5.17. The Bertz CT molecular complexity index is 517. The molecule has 1 atom stereocenters. The van der Waals surface area contributed by atoms with E-state index in [1.165, 1.54) is 10.6 Å². The van der Waals surface area contributed by atoms with Crippen molar-refractivity contribution in [1.82, 2.24) is 9.96 Å². The number of benzene rings is 1. The predicted octanol–water partition coefficient (Wildman–Crippen LogP) is 3.33. The maximum atomic E-state index is 12.7. The van der Waals surface area contributed by atoms with E-state index in [1.54, 1.807) is 17.1 Å². The van der Waals surface area contributed by atoms with Gasteiger partial charge in [-0.3, -0.25) is 4.84 Å². The van der Waals surface area contributed by atoms with E-state index in [-0.39, 0.29) is 12.1 Å². The lowest BCUT2D eigenvalue weighted by Gasteiger charge is -2.31. The molecule has 1 heterocycles. The molecule has 0 aliphatic carbocycles. The lowest BCUT2D eigenvalue weighted by atomic mass is 10.00. The third-order valence-corrected chi connectivity index (χ3v) is 3.62. The molecule has 0 N–H and O–H groups in total. The van der Waals surface area contributed by atoms with Crippen molar-refractivity contribution in [3.05, 3.63) is 60.7 Å². The molecule has 112 valence electrons. The Morgan fingerprint density at radius 3 is 2.71 bits per heavy atom. The largest absolute Gasteiger partial charge is 0.345 e. The van der Waals surface area contributed by atoms with Gasteiger partial charge >= 0.3 is 6.03 Å². The van der Waals surface area contributed by atoms with Crippen molar-refractivity contribution in [2.45, 2.75) is 19.4 Å². The van der Waals surface area contributed by atoms with Gasteiger partial charge in [0.05, 0.1) is 12.6 Å². The molecule has 1 aliphatic heterocycles. The summed E-state index contributed by atoms with van der Waals surface area (Å²) in [6, 6.07) is 7.89. The van der Waals surface area contributed by atoms with E-state index in [9.17, 15) is 4.79 Å². The van der Waals surface area contributed by atoms with E-state index < -0.39 is 0 Å². The predicted molar refractivity (Wildman–Crippen MR) is 83.7 cm³/mol. The number of rotatable bonds is 4. The normalized spacial score (nSPS) is 17.6. The zero-order valence-corrected chi connectivity index (χ0v) is 12.5. The molecular weight excluding hydrogens is 264 g/mol. The molecule has 1 aliphatic rings. The molecule has 2 rings (SSSR count). The summed E-state index contributed by atoms with van der Waals surface area (Å²) in [6.07, 6.45) is 4.23. The van der Waals surface area contributed by atoms with Crippen LogP contribution in [0.1, 0.15) is 24.1 Å². The van der Waals surface area contributed by atoms with E-state index >= 15 is 0 Å². The fourth-order valence-electron chi connectivity index (χ4n) is 2.56. The van der Waals surface area contributed by atoms with Crippen LogP contribution in [0.4, 0.5) is 4.79 Å². The van der Waals surface area contributed by atoms with Crippen molar-refractivity contribution in [2.75, 3.05) is 19.7 Å². The summed E-state index contributed by atoms with van der Waals surface area (Å²) in [4.78, 5) is 20.0. The number of fused-ring (bicyclic) bond motifs is 1. The van der Waals surface area contributed by atoms with Crippen molar-refractivity contribution < 1.29 is 9.63 Å². The maximum absolute atomic E-state index is 12.7. The number of nitrogens with zero attached hydrogens (tertiary/aromatic N) is 2. The first-order valence-electron chi connectivity index (χ1n) is 7.19. The van der Waals surface area contributed by atoms with E-state index in [4.69, 9.17) is 4.84 Å². The van der Waals surface area contributed by atoms with Crippen LogP contribution in [-0.2, 0) is 11.3 Å². The van der Waals surface area contributed by atoms with Crippen LogP contribution in [0.3, 0.4) is 0 Å². The van der Waals surface area contributed by atoms with Gasteiger partial charge in [-0.2, -0.15) is 5.06 Å². The highest BCUT2D eigenvalue weighted by Crippen LogP contribution is 2.28. The SMILES string of the molecule is C=CCN(CC=C)C(=O)N1OCCc2ccccc2C1C. The molecule has 0 saturated carbocycles. The number of hydrogen-bond acceptors (Lipinski definition) is 2. The number of hydroxylamine groups is 2. The molecule has 21 heavy (non-hydrogen) atoms. The van der Waals surface area contributed by atoms with Gasteiger partial charge in [0.15, 0.2) is 0 Å². The summed E-state index contributed by atoms with van der Waals surface area (Å²) in [6.45, 7) is 10.8. The van der Waals surface area contributed by atoms with E-state index in [2.05, 4.69) is 25.3 Å². The molecule has 2 amide bonds. The van der Waals surface area contributed by atoms with Crippen molar-refractivity contribution >= 4 is 6.03 Å². The van der Waals surface area contributed by atoms with Gasteiger partial charge in [-0.25, -0.2) is 4.79 Å². The topological polar surface area (TPSA) is 32.8 Å². The van der Waals surface area contributed by atoms with Crippen molar-refractivity contribution in [3.8, 4) is 0 Å². The third kappa shape index (κ3) is 3.34. The summed E-state index contributed by atoms with van der Waals surface area (Å²) in [5.74, 6) is 0. The minimum atomic E-state index is -0.154. The van der Waals surface area contributed by atoms with Crippen LogP contribution < -0.4 is 0 Å². The van der Waals surface area contributed by atoms with E-state index in [1.807, 2.05) is 19.1 Å². The second-order valence-corrected chi connectivity index (χ2v) is 5.05. The van der Waals surface area contributed by atoms with Gasteiger partial charge in [-0.15, -0.1) is 13.2 Å². The summed E-state index contributed by atoms with van der Waals surface area (Å²) in [5.41, 5.74) is 2.37. The monoisotopic (exact) mass is 286 g/mol. The Labute approximate surface area is 126 Å². The summed E-state index contributed by atoms with van der Waals surface area (Å²) in [7, 11) is 0. The van der Waals surface area contributed by atoms with Crippen LogP contribution in [0, 0.1) is 0 Å². The van der Waals surface area contributed by atoms with Gasteiger partial charge in [0.2, 0.25) is 0 Å². The first kappa shape index (κ1) is 15.3. The van der Waals surface area contributed by atoms with Crippen LogP contribution in [0.2, 0.25) is 0 Å². The van der Waals surface area contributed by atoms with Gasteiger partial charge in [0.1, 0.15) is 0 Å². The van der Waals surface area contributed by atoms with E-state index in [0.717, 1.165) is 12.0 Å². The second kappa shape index (κ2) is 7.09. The highest BCUT2D eigenvalue weighted by molar-refractivity contribution is 5.74. The fraction of sp³-hybridized carbons (Fsp3) is 0.353. The quantitative estimate of drug-likeness (QED) is 0.795. The molecule has 0 saturated heterocycles. The van der Waals surface area contributed by atoms with Crippen molar-refractivity contribution in [1.29, 1.82) is 0 Å². The molecule has 1 aromatic rings. The van der Waals surface area contributed by atoms with E-state index in [0.29, 0.717) is 19.7 Å². The highest BCUT2D eigenvalue weighted by Gasteiger charge is 2.29. The molecule has 0 fully saturated rings. The Balaban J connectivity index is 2.24. The molecule has 0 spiro atoms. The first-order valence-corrected chi connectivity index (χ1v) is 7.19. The molecular formula is C17H22N2O2. The van der Waals surface area contributed by atoms with Crippen LogP contribution >= 0.6 is 0 Å². The average molecular weight is 286 g/mol. The van der Waals surface area contributed by atoms with Gasteiger partial charge in [0, 0.05) is 13.1 Å². The molecule has 1 unspecified atom stereocenters. The second-order valence-electron chi connectivity index (χ2n) is 5.05. The van der Waals surface area contributed by atoms with Crippen molar-refractivity contribution in [2.24, 2.45) is 0 Å². The van der Waals surface area contributed by atoms with Gasteiger partial charge in [-0.05, 0) is 24.5 Å². The fourth-order valence-corrected chi connectivity index (χ4v) is 2.56. The summed E-state index contributed by atoms with van der Waals surface area (Å²) >= 11 is 0. The van der Waals surface area contributed by atoms with Crippen LogP contribution in [0.5, 0.6) is 0 Å². The molecule has 0 bridgehead atoms. The number of carbonyl (C=O) groups is 1. The van der Waals surface area contributed by atoms with Crippen LogP contribution in [0.15, 0.2) is 49.6 Å². The molecule has 1 aromatic carbocycles. The summed E-state index contributed by atoms with van der Waals surface area (Å²) in [5, 5.41) is 1.47. The first-order chi connectivity index (χ1) is 10.2. The smallest absolute Gasteiger partial charge is 0.315 e. The maximum Gasteiger partial charge on any atom is 0.345 e. The molecule has 4 nitrogen and oxygen atoms in total. The van der Waals surface area contributed by atoms with Gasteiger partial charge in [-0.1, -0.05) is 36.4 Å². The molecule has 4 heteroatoms. The lowest BCUT2D eigenvalue weighted by molar-refractivity contribution is -0.144. The lowest BCUT2D eigenvalue weighted by Crippen LogP contribution is -2.44. The van der Waals surface area contributed by atoms with Crippen molar-refractivity contribution in [3.63, 3.8) is 0 Å². The number of carbonyl (C=O) groups excluding carboxylic acids is 1. The third-order valence-electron chi connectivity index (χ3n) is 3.62. The number of urea groups is 1. The minimum Gasteiger partial charge on any atom is -0.315 e. The number of amides is 2. The Morgan fingerprint density at radius 2 is 2.05 bits per heavy atom. The zero-order chi connectivity index (χ0) is 15.2. The molecule has 0 aromatic heterocycles. The average Bonchev–Trinajstić information content (AvgIpc) is 2.66. The van der Waals surface area contributed by atoms with Gasteiger partial charge in [0.25, 0.3) is 0 Å². The number of hydrogen-bond donors (Lipinski definition) is 0. The van der Waals surface area contributed by atoms with Crippen LogP contribution in [0.25, 0.3) is 0 Å². The Morgan fingerprint density at radius 1 is 1.38 bits per heavy atom. The summed E-state index contributed by atoms with van der Waals surface area (Å²) < 4.78 is 0. The zero-order valence-electron chi connectivity index (χ0n) is 12.5. The minimum absolute atomic E-state index is 0.117. The Hall–Kier alpha value is -2.07.